The predicted molar refractivity (Wildman–Crippen MR) is 88.0 cm³/mol. The first kappa shape index (κ1) is 15.6. The Hall–Kier alpha value is -0.740. The first-order valence-corrected chi connectivity index (χ1v) is 7.67. The van der Waals surface area contributed by atoms with Gasteiger partial charge in [0.15, 0.2) is 0 Å². The Balaban J connectivity index is 2.32. The van der Waals surface area contributed by atoms with Gasteiger partial charge in [-0.2, -0.15) is 0 Å². The van der Waals surface area contributed by atoms with Gasteiger partial charge in [0.1, 0.15) is 11.5 Å². The van der Waals surface area contributed by atoms with Crippen LogP contribution in [0.5, 0.6) is 11.5 Å². The SMILES string of the molecule is CC(N)Cc1cc(Br)ccc1Oc1ccc(Cl)cc1Cl. The maximum Gasteiger partial charge on any atom is 0.146 e. The van der Waals surface area contributed by atoms with Crippen molar-refractivity contribution in [1.29, 1.82) is 0 Å². The van der Waals surface area contributed by atoms with Crippen molar-refractivity contribution in [1.82, 2.24) is 0 Å². The van der Waals surface area contributed by atoms with Crippen molar-refractivity contribution >= 4 is 39.1 Å². The van der Waals surface area contributed by atoms with Gasteiger partial charge in [0.25, 0.3) is 0 Å². The Kier molecular flexibility index (Phi) is 5.33. The Morgan fingerprint density at radius 2 is 1.85 bits per heavy atom. The van der Waals surface area contributed by atoms with Gasteiger partial charge in [-0.3, -0.25) is 0 Å². The van der Waals surface area contributed by atoms with Crippen LogP contribution in [0.2, 0.25) is 10.0 Å². The molecule has 0 amide bonds. The smallest absolute Gasteiger partial charge is 0.146 e. The van der Waals surface area contributed by atoms with Crippen LogP contribution in [0.15, 0.2) is 40.9 Å². The highest BCUT2D eigenvalue weighted by Gasteiger charge is 2.10. The van der Waals surface area contributed by atoms with E-state index in [1.54, 1.807) is 18.2 Å². The molecule has 0 saturated carbocycles. The van der Waals surface area contributed by atoms with Crippen LogP contribution in [-0.2, 0) is 6.42 Å². The van der Waals surface area contributed by atoms with E-state index in [0.717, 1.165) is 22.2 Å². The monoisotopic (exact) mass is 373 g/mol. The number of hydrogen-bond donors (Lipinski definition) is 1. The number of hydrogen-bond acceptors (Lipinski definition) is 2. The van der Waals surface area contributed by atoms with E-state index in [0.29, 0.717) is 15.8 Å². The maximum absolute atomic E-state index is 6.13. The van der Waals surface area contributed by atoms with Gasteiger partial charge >= 0.3 is 0 Å². The zero-order valence-electron chi connectivity index (χ0n) is 10.9. The molecule has 1 unspecified atom stereocenters. The molecule has 1 atom stereocenters. The molecule has 5 heteroatoms. The molecule has 0 saturated heterocycles. The Morgan fingerprint density at radius 3 is 2.50 bits per heavy atom. The third-order valence-electron chi connectivity index (χ3n) is 2.68. The summed E-state index contributed by atoms with van der Waals surface area (Å²) in [6, 6.07) is 11.0. The molecule has 2 aromatic rings. The van der Waals surface area contributed by atoms with Crippen LogP contribution < -0.4 is 10.5 Å². The summed E-state index contributed by atoms with van der Waals surface area (Å²) >= 11 is 15.5. The average Bonchev–Trinajstić information content (AvgIpc) is 2.34. The number of rotatable bonds is 4. The molecule has 0 fully saturated rings. The molecule has 2 N–H and O–H groups in total. The number of halogens is 3. The Bertz CT molecular complexity index is 617. The van der Waals surface area contributed by atoms with Gasteiger partial charge in [0, 0.05) is 15.5 Å². The molecule has 0 aliphatic carbocycles. The lowest BCUT2D eigenvalue weighted by Crippen LogP contribution is -2.18. The van der Waals surface area contributed by atoms with Crippen LogP contribution in [-0.4, -0.2) is 6.04 Å². The second kappa shape index (κ2) is 6.81. The summed E-state index contributed by atoms with van der Waals surface area (Å²) in [5.41, 5.74) is 6.90. The van der Waals surface area contributed by atoms with Crippen LogP contribution in [0.25, 0.3) is 0 Å². The lowest BCUT2D eigenvalue weighted by atomic mass is 10.1. The summed E-state index contributed by atoms with van der Waals surface area (Å²) in [4.78, 5) is 0. The van der Waals surface area contributed by atoms with Gasteiger partial charge in [0.05, 0.1) is 5.02 Å². The van der Waals surface area contributed by atoms with E-state index in [9.17, 15) is 0 Å². The summed E-state index contributed by atoms with van der Waals surface area (Å²) in [5, 5.41) is 1.06. The van der Waals surface area contributed by atoms with Crippen molar-refractivity contribution in [2.75, 3.05) is 0 Å². The van der Waals surface area contributed by atoms with Crippen LogP contribution in [0, 0.1) is 0 Å². The highest BCUT2D eigenvalue weighted by atomic mass is 79.9. The lowest BCUT2D eigenvalue weighted by molar-refractivity contribution is 0.474. The largest absolute Gasteiger partial charge is 0.456 e. The molecular weight excluding hydrogens is 361 g/mol. The van der Waals surface area contributed by atoms with Gasteiger partial charge in [-0.1, -0.05) is 39.1 Å². The molecule has 0 aromatic heterocycles. The molecule has 106 valence electrons. The van der Waals surface area contributed by atoms with E-state index in [1.807, 2.05) is 25.1 Å². The minimum Gasteiger partial charge on any atom is -0.456 e. The third-order valence-corrected chi connectivity index (χ3v) is 3.70. The van der Waals surface area contributed by atoms with E-state index >= 15 is 0 Å². The Morgan fingerprint density at radius 1 is 1.15 bits per heavy atom. The summed E-state index contributed by atoms with van der Waals surface area (Å²) in [7, 11) is 0. The van der Waals surface area contributed by atoms with Crippen LogP contribution in [0.3, 0.4) is 0 Å². The van der Waals surface area contributed by atoms with Crippen molar-refractivity contribution in [3.8, 4) is 11.5 Å². The molecular formula is C15H14BrCl2NO. The molecule has 2 aromatic carbocycles. The average molecular weight is 375 g/mol. The molecule has 20 heavy (non-hydrogen) atoms. The van der Waals surface area contributed by atoms with Crippen LogP contribution in [0.1, 0.15) is 12.5 Å². The second-order valence-electron chi connectivity index (χ2n) is 4.61. The minimum absolute atomic E-state index is 0.0485. The summed E-state index contributed by atoms with van der Waals surface area (Å²) < 4.78 is 6.87. The van der Waals surface area contributed by atoms with Gasteiger partial charge in [-0.05, 0) is 55.3 Å². The molecule has 0 radical (unpaired) electrons. The van der Waals surface area contributed by atoms with E-state index in [1.165, 1.54) is 0 Å². The van der Waals surface area contributed by atoms with Crippen molar-refractivity contribution < 1.29 is 4.74 Å². The standard InChI is InChI=1S/C15H14BrCl2NO/c1-9(19)6-10-7-11(16)2-4-14(10)20-15-5-3-12(17)8-13(15)18/h2-5,7-9H,6,19H2,1H3. The van der Waals surface area contributed by atoms with Crippen molar-refractivity contribution in [3.63, 3.8) is 0 Å². The van der Waals surface area contributed by atoms with Crippen LogP contribution in [0.4, 0.5) is 0 Å². The molecule has 0 bridgehead atoms. The molecule has 0 aliphatic heterocycles. The van der Waals surface area contributed by atoms with Gasteiger partial charge in [-0.25, -0.2) is 0 Å². The fraction of sp³-hybridized carbons (Fsp3) is 0.200. The third kappa shape index (κ3) is 4.13. The van der Waals surface area contributed by atoms with E-state index in [4.69, 9.17) is 33.7 Å². The number of benzene rings is 2. The summed E-state index contributed by atoms with van der Waals surface area (Å²) in [6.07, 6.45) is 0.722. The topological polar surface area (TPSA) is 35.2 Å². The summed E-state index contributed by atoms with van der Waals surface area (Å²) in [5.74, 6) is 1.32. The molecule has 2 rings (SSSR count). The lowest BCUT2D eigenvalue weighted by Gasteiger charge is -2.14. The highest BCUT2D eigenvalue weighted by Crippen LogP contribution is 2.34. The maximum atomic E-state index is 6.13. The minimum atomic E-state index is 0.0485. The van der Waals surface area contributed by atoms with Crippen molar-refractivity contribution in [2.45, 2.75) is 19.4 Å². The molecule has 2 nitrogen and oxygen atoms in total. The van der Waals surface area contributed by atoms with Gasteiger partial charge in [0.2, 0.25) is 0 Å². The second-order valence-corrected chi connectivity index (χ2v) is 6.37. The quantitative estimate of drug-likeness (QED) is 0.773. The van der Waals surface area contributed by atoms with Crippen molar-refractivity contribution in [2.24, 2.45) is 5.73 Å². The molecule has 0 heterocycles. The first-order chi connectivity index (χ1) is 9.45. The number of ether oxygens (including phenoxy) is 1. The fourth-order valence-electron chi connectivity index (χ4n) is 1.83. The fourth-order valence-corrected chi connectivity index (χ4v) is 2.69. The molecule has 0 aliphatic rings. The van der Waals surface area contributed by atoms with E-state index < -0.39 is 0 Å². The zero-order chi connectivity index (χ0) is 14.7. The van der Waals surface area contributed by atoms with E-state index in [2.05, 4.69) is 15.9 Å². The zero-order valence-corrected chi connectivity index (χ0v) is 14.0. The number of nitrogens with two attached hydrogens (primary N) is 1. The van der Waals surface area contributed by atoms with E-state index in [-0.39, 0.29) is 6.04 Å². The normalized spacial score (nSPS) is 12.2. The summed E-state index contributed by atoms with van der Waals surface area (Å²) in [6.45, 7) is 1.96. The predicted octanol–water partition coefficient (Wildman–Crippen LogP) is 5.44. The van der Waals surface area contributed by atoms with Crippen molar-refractivity contribution in [3.05, 3.63) is 56.5 Å². The first-order valence-electron chi connectivity index (χ1n) is 6.12. The van der Waals surface area contributed by atoms with Gasteiger partial charge < -0.3 is 10.5 Å². The molecule has 0 spiro atoms. The van der Waals surface area contributed by atoms with Gasteiger partial charge in [-0.15, -0.1) is 0 Å². The highest BCUT2D eigenvalue weighted by molar-refractivity contribution is 9.10. The van der Waals surface area contributed by atoms with Crippen LogP contribution >= 0.6 is 39.1 Å². The Labute approximate surface area is 137 Å².